The van der Waals surface area contributed by atoms with E-state index in [0.29, 0.717) is 11.3 Å². The van der Waals surface area contributed by atoms with Gasteiger partial charge in [0.2, 0.25) is 0 Å². The van der Waals surface area contributed by atoms with Gasteiger partial charge in [0, 0.05) is 11.3 Å². The Kier molecular flexibility index (Phi) is 7.14. The standard InChI is InChI=1S/C20H20F3N3O4/c1-4-30-19(29)14-7-8-15(25-12(14)3)18(28)26-16-9-13(6-5-11(16)2)17(27)24-10-20(21,22)23/h5-9H,4,10H2,1-3H3,(H,24,27)(H,26,28). The van der Waals surface area contributed by atoms with Gasteiger partial charge in [-0.25, -0.2) is 9.78 Å². The predicted octanol–water partition coefficient (Wildman–Crippen LogP) is 3.42. The minimum absolute atomic E-state index is 0.0203. The van der Waals surface area contributed by atoms with Crippen LogP contribution in [0.2, 0.25) is 0 Å². The third-order valence-electron chi connectivity index (χ3n) is 4.01. The minimum atomic E-state index is -4.53. The molecular weight excluding hydrogens is 403 g/mol. The molecule has 2 amide bonds. The van der Waals surface area contributed by atoms with Gasteiger partial charge in [-0.3, -0.25) is 9.59 Å². The molecule has 0 spiro atoms. The SMILES string of the molecule is CCOC(=O)c1ccc(C(=O)Nc2cc(C(=O)NCC(F)(F)F)ccc2C)nc1C. The smallest absolute Gasteiger partial charge is 0.405 e. The normalized spacial score (nSPS) is 11.0. The number of rotatable bonds is 6. The number of ether oxygens (including phenoxy) is 1. The van der Waals surface area contributed by atoms with Gasteiger partial charge in [0.05, 0.1) is 17.9 Å². The van der Waals surface area contributed by atoms with Crippen LogP contribution < -0.4 is 10.6 Å². The lowest BCUT2D eigenvalue weighted by Gasteiger charge is -2.12. The zero-order chi connectivity index (χ0) is 22.5. The number of pyridine rings is 1. The second-order valence-electron chi connectivity index (χ2n) is 6.33. The van der Waals surface area contributed by atoms with Crippen molar-refractivity contribution in [3.05, 3.63) is 58.4 Å². The number of aryl methyl sites for hydroxylation is 2. The van der Waals surface area contributed by atoms with Gasteiger partial charge in [0.25, 0.3) is 11.8 Å². The first kappa shape index (κ1) is 22.9. The molecule has 0 aliphatic carbocycles. The highest BCUT2D eigenvalue weighted by atomic mass is 19.4. The zero-order valence-electron chi connectivity index (χ0n) is 16.5. The van der Waals surface area contributed by atoms with Crippen LogP contribution in [0.5, 0.6) is 0 Å². The number of nitrogens with zero attached hydrogens (tertiary/aromatic N) is 1. The number of hydrogen-bond donors (Lipinski definition) is 2. The summed E-state index contributed by atoms with van der Waals surface area (Å²) in [6.45, 7) is 3.63. The van der Waals surface area contributed by atoms with Crippen LogP contribution in [0, 0.1) is 13.8 Å². The van der Waals surface area contributed by atoms with E-state index >= 15 is 0 Å². The number of carbonyl (C=O) groups excluding carboxylic acids is 3. The highest BCUT2D eigenvalue weighted by molar-refractivity contribution is 6.05. The van der Waals surface area contributed by atoms with E-state index in [1.54, 1.807) is 26.1 Å². The Morgan fingerprint density at radius 2 is 1.77 bits per heavy atom. The molecule has 30 heavy (non-hydrogen) atoms. The van der Waals surface area contributed by atoms with E-state index in [1.165, 1.54) is 30.3 Å². The molecule has 0 bridgehead atoms. The van der Waals surface area contributed by atoms with Gasteiger partial charge in [0.1, 0.15) is 12.2 Å². The minimum Gasteiger partial charge on any atom is -0.462 e. The van der Waals surface area contributed by atoms with E-state index in [-0.39, 0.29) is 29.1 Å². The molecule has 0 unspecified atom stereocenters. The molecule has 0 saturated carbocycles. The quantitative estimate of drug-likeness (QED) is 0.694. The summed E-state index contributed by atoms with van der Waals surface area (Å²) in [5.74, 6) is -2.08. The first-order chi connectivity index (χ1) is 14.0. The molecule has 0 aliphatic heterocycles. The van der Waals surface area contributed by atoms with E-state index in [1.807, 2.05) is 0 Å². The van der Waals surface area contributed by atoms with Crippen molar-refractivity contribution in [3.63, 3.8) is 0 Å². The Morgan fingerprint density at radius 1 is 1.07 bits per heavy atom. The van der Waals surface area contributed by atoms with Crippen LogP contribution in [0.25, 0.3) is 0 Å². The van der Waals surface area contributed by atoms with Crippen LogP contribution >= 0.6 is 0 Å². The number of halogens is 3. The Morgan fingerprint density at radius 3 is 2.37 bits per heavy atom. The summed E-state index contributed by atoms with van der Waals surface area (Å²) in [6, 6.07) is 6.90. The molecule has 1 aromatic heterocycles. The van der Waals surface area contributed by atoms with Gasteiger partial charge in [-0.2, -0.15) is 13.2 Å². The second kappa shape index (κ2) is 9.38. The lowest BCUT2D eigenvalue weighted by atomic mass is 10.1. The molecule has 2 N–H and O–H groups in total. The van der Waals surface area contributed by atoms with E-state index in [0.717, 1.165) is 0 Å². The van der Waals surface area contributed by atoms with Gasteiger partial charge >= 0.3 is 12.1 Å². The third-order valence-corrected chi connectivity index (χ3v) is 4.01. The van der Waals surface area contributed by atoms with E-state index < -0.39 is 30.5 Å². The number of anilines is 1. The molecule has 160 valence electrons. The van der Waals surface area contributed by atoms with Gasteiger partial charge in [-0.15, -0.1) is 0 Å². The fourth-order valence-corrected chi connectivity index (χ4v) is 2.48. The maximum Gasteiger partial charge on any atom is 0.405 e. The van der Waals surface area contributed by atoms with Crippen LogP contribution in [0.3, 0.4) is 0 Å². The van der Waals surface area contributed by atoms with Crippen LogP contribution in [-0.4, -0.2) is 42.1 Å². The van der Waals surface area contributed by atoms with Crippen molar-refractivity contribution in [2.24, 2.45) is 0 Å². The van der Waals surface area contributed by atoms with Crippen LogP contribution in [0.15, 0.2) is 30.3 Å². The summed E-state index contributed by atoms with van der Waals surface area (Å²) in [7, 11) is 0. The maximum absolute atomic E-state index is 12.5. The molecular formula is C20H20F3N3O4. The lowest BCUT2D eigenvalue weighted by molar-refractivity contribution is -0.123. The van der Waals surface area contributed by atoms with Crippen LogP contribution in [0.1, 0.15) is 49.4 Å². The number of carbonyl (C=O) groups is 3. The second-order valence-corrected chi connectivity index (χ2v) is 6.33. The Balaban J connectivity index is 2.17. The molecule has 2 aromatic rings. The van der Waals surface area contributed by atoms with Crippen LogP contribution in [-0.2, 0) is 4.74 Å². The molecule has 0 radical (unpaired) electrons. The molecule has 1 aromatic carbocycles. The number of aromatic nitrogens is 1. The molecule has 0 atom stereocenters. The highest BCUT2D eigenvalue weighted by Gasteiger charge is 2.28. The summed E-state index contributed by atoms with van der Waals surface area (Å²) < 4.78 is 41.8. The summed E-state index contributed by atoms with van der Waals surface area (Å²) in [5, 5.41) is 4.35. The van der Waals surface area contributed by atoms with E-state index in [9.17, 15) is 27.6 Å². The highest BCUT2D eigenvalue weighted by Crippen LogP contribution is 2.19. The third kappa shape index (κ3) is 6.03. The fourth-order valence-electron chi connectivity index (χ4n) is 2.48. The largest absolute Gasteiger partial charge is 0.462 e. The van der Waals surface area contributed by atoms with Crippen molar-refractivity contribution in [2.45, 2.75) is 26.9 Å². The Labute approximate surface area is 170 Å². The number of alkyl halides is 3. The molecule has 0 saturated heterocycles. The summed E-state index contributed by atoms with van der Waals surface area (Å²) in [6.07, 6.45) is -4.53. The predicted molar refractivity (Wildman–Crippen MR) is 102 cm³/mol. The Bertz CT molecular complexity index is 974. The first-order valence-corrected chi connectivity index (χ1v) is 8.93. The summed E-state index contributed by atoms with van der Waals surface area (Å²) in [4.78, 5) is 40.4. The van der Waals surface area contributed by atoms with Crippen molar-refractivity contribution in [1.29, 1.82) is 0 Å². The van der Waals surface area contributed by atoms with E-state index in [2.05, 4.69) is 10.3 Å². The lowest BCUT2D eigenvalue weighted by Crippen LogP contribution is -2.33. The van der Waals surface area contributed by atoms with Crippen molar-refractivity contribution in [1.82, 2.24) is 10.3 Å². The van der Waals surface area contributed by atoms with Crippen LogP contribution in [0.4, 0.5) is 18.9 Å². The molecule has 7 nitrogen and oxygen atoms in total. The topological polar surface area (TPSA) is 97.4 Å². The number of nitrogens with one attached hydrogen (secondary N) is 2. The summed E-state index contributed by atoms with van der Waals surface area (Å²) >= 11 is 0. The van der Waals surface area contributed by atoms with Gasteiger partial charge in [-0.1, -0.05) is 6.07 Å². The monoisotopic (exact) mass is 423 g/mol. The number of benzene rings is 1. The average Bonchev–Trinajstić information content (AvgIpc) is 2.67. The Hall–Kier alpha value is -3.43. The van der Waals surface area contributed by atoms with Crippen molar-refractivity contribution < 1.29 is 32.3 Å². The maximum atomic E-state index is 12.5. The van der Waals surface area contributed by atoms with Crippen molar-refractivity contribution in [3.8, 4) is 0 Å². The summed E-state index contributed by atoms with van der Waals surface area (Å²) in [5.41, 5.74) is 1.35. The average molecular weight is 423 g/mol. The fraction of sp³-hybridized carbons (Fsp3) is 0.300. The number of amides is 2. The van der Waals surface area contributed by atoms with Gasteiger partial charge in [-0.05, 0) is 50.6 Å². The molecule has 1 heterocycles. The number of esters is 1. The molecule has 0 fully saturated rings. The molecule has 0 aliphatic rings. The molecule has 2 rings (SSSR count). The van der Waals surface area contributed by atoms with Gasteiger partial charge in [0.15, 0.2) is 0 Å². The van der Waals surface area contributed by atoms with E-state index in [4.69, 9.17) is 4.74 Å². The van der Waals surface area contributed by atoms with Crippen molar-refractivity contribution in [2.75, 3.05) is 18.5 Å². The van der Waals surface area contributed by atoms with Gasteiger partial charge < -0.3 is 15.4 Å². The first-order valence-electron chi connectivity index (χ1n) is 8.93. The number of hydrogen-bond acceptors (Lipinski definition) is 5. The van der Waals surface area contributed by atoms with Crippen molar-refractivity contribution >= 4 is 23.5 Å². The zero-order valence-corrected chi connectivity index (χ0v) is 16.5. The molecule has 10 heteroatoms.